The first-order chi connectivity index (χ1) is 10.5. The van der Waals surface area contributed by atoms with Gasteiger partial charge in [-0.3, -0.25) is 9.59 Å². The van der Waals surface area contributed by atoms with Crippen molar-refractivity contribution >= 4 is 17.5 Å². The van der Waals surface area contributed by atoms with Crippen molar-refractivity contribution in [3.8, 4) is 0 Å². The molecule has 0 aromatic heterocycles. The minimum atomic E-state index is -0.458. The Bertz CT molecular complexity index is 593. The van der Waals surface area contributed by atoms with Crippen LogP contribution in [0.25, 0.3) is 0 Å². The Morgan fingerprint density at radius 1 is 1.00 bits per heavy atom. The second-order valence-corrected chi connectivity index (χ2v) is 6.42. The van der Waals surface area contributed by atoms with Crippen LogP contribution < -0.4 is 10.6 Å². The van der Waals surface area contributed by atoms with Gasteiger partial charge in [-0.2, -0.15) is 0 Å². The van der Waals surface area contributed by atoms with E-state index in [-0.39, 0.29) is 5.54 Å². The lowest BCUT2D eigenvalue weighted by Gasteiger charge is -2.39. The molecule has 5 nitrogen and oxygen atoms in total. The monoisotopic (exact) mass is 301 g/mol. The van der Waals surface area contributed by atoms with Gasteiger partial charge in [0.2, 0.25) is 0 Å². The van der Waals surface area contributed by atoms with Crippen molar-refractivity contribution in [2.75, 3.05) is 25.0 Å². The third-order valence-corrected chi connectivity index (χ3v) is 4.91. The van der Waals surface area contributed by atoms with Crippen LogP contribution in [0.4, 0.5) is 5.69 Å². The average Bonchev–Trinajstić information content (AvgIpc) is 2.54. The highest BCUT2D eigenvalue weighted by Crippen LogP contribution is 2.39. The van der Waals surface area contributed by atoms with Crippen LogP contribution in [0.2, 0.25) is 0 Å². The van der Waals surface area contributed by atoms with Gasteiger partial charge in [-0.25, -0.2) is 0 Å². The molecule has 1 aliphatic heterocycles. The van der Waals surface area contributed by atoms with Crippen molar-refractivity contribution in [1.82, 2.24) is 4.90 Å². The number of anilines is 1. The van der Waals surface area contributed by atoms with Gasteiger partial charge in [-0.05, 0) is 24.5 Å². The van der Waals surface area contributed by atoms with Crippen LogP contribution in [0.15, 0.2) is 24.3 Å². The number of carbonyl (C=O) groups is 2. The lowest BCUT2D eigenvalue weighted by Crippen LogP contribution is -2.54. The molecular weight excluding hydrogens is 278 g/mol. The van der Waals surface area contributed by atoms with Gasteiger partial charge in [0.15, 0.2) is 0 Å². The molecule has 3 rings (SSSR count). The summed E-state index contributed by atoms with van der Waals surface area (Å²) < 4.78 is 0. The van der Waals surface area contributed by atoms with Crippen LogP contribution in [-0.4, -0.2) is 36.9 Å². The van der Waals surface area contributed by atoms with E-state index in [1.807, 2.05) is 24.3 Å². The fraction of sp³-hybridized carbons (Fsp3) is 0.529. The molecule has 0 radical (unpaired) electrons. The van der Waals surface area contributed by atoms with Crippen LogP contribution in [0, 0.1) is 0 Å². The van der Waals surface area contributed by atoms with Crippen molar-refractivity contribution in [2.45, 2.75) is 37.6 Å². The maximum atomic E-state index is 12.4. The highest BCUT2D eigenvalue weighted by atomic mass is 16.2. The summed E-state index contributed by atoms with van der Waals surface area (Å²) >= 11 is 0. The van der Waals surface area contributed by atoms with E-state index < -0.39 is 11.8 Å². The number of para-hydroxylation sites is 1. The molecule has 0 spiro atoms. The second kappa shape index (κ2) is 5.72. The Hall–Kier alpha value is -1.88. The summed E-state index contributed by atoms with van der Waals surface area (Å²) in [4.78, 5) is 27.4. The van der Waals surface area contributed by atoms with E-state index in [2.05, 4.69) is 0 Å². The summed E-state index contributed by atoms with van der Waals surface area (Å²) in [6, 6.07) is 7.79. The van der Waals surface area contributed by atoms with Gasteiger partial charge in [0, 0.05) is 31.4 Å². The highest BCUT2D eigenvalue weighted by molar-refractivity contribution is 6.41. The molecule has 1 saturated heterocycles. The molecule has 22 heavy (non-hydrogen) atoms. The lowest BCUT2D eigenvalue weighted by atomic mass is 9.76. The molecule has 1 aromatic rings. The first kappa shape index (κ1) is 15.0. The Kier molecular flexibility index (Phi) is 3.91. The van der Waals surface area contributed by atoms with Crippen molar-refractivity contribution < 1.29 is 9.59 Å². The Morgan fingerprint density at radius 3 is 2.41 bits per heavy atom. The first-order valence-electron chi connectivity index (χ1n) is 7.98. The SMILES string of the molecule is CN1CCN(c2ccccc2C2(N)CCCCC2)C(=O)C1=O. The standard InChI is InChI=1S/C17H23N3O2/c1-19-11-12-20(16(22)15(19)21)14-8-4-3-7-13(14)17(18)9-5-2-6-10-17/h3-4,7-8H,2,5-6,9-12,18H2,1H3. The molecule has 2 amide bonds. The summed E-state index contributed by atoms with van der Waals surface area (Å²) in [5.74, 6) is -0.906. The van der Waals surface area contributed by atoms with E-state index in [0.29, 0.717) is 13.1 Å². The Balaban J connectivity index is 1.98. The predicted molar refractivity (Wildman–Crippen MR) is 85.4 cm³/mol. The molecule has 0 atom stereocenters. The molecule has 2 fully saturated rings. The molecule has 0 bridgehead atoms. The van der Waals surface area contributed by atoms with Crippen LogP contribution in [0.1, 0.15) is 37.7 Å². The summed E-state index contributed by atoms with van der Waals surface area (Å²) in [6.45, 7) is 1.07. The highest BCUT2D eigenvalue weighted by Gasteiger charge is 2.37. The fourth-order valence-corrected chi connectivity index (χ4v) is 3.54. The van der Waals surface area contributed by atoms with Crippen LogP contribution in [-0.2, 0) is 15.1 Å². The Morgan fingerprint density at radius 2 is 1.68 bits per heavy atom. The smallest absolute Gasteiger partial charge is 0.316 e. The zero-order valence-electron chi connectivity index (χ0n) is 13.0. The van der Waals surface area contributed by atoms with E-state index in [1.54, 1.807) is 11.9 Å². The zero-order chi connectivity index (χ0) is 15.7. The topological polar surface area (TPSA) is 66.6 Å². The zero-order valence-corrected chi connectivity index (χ0v) is 13.0. The maximum Gasteiger partial charge on any atom is 0.316 e. The lowest BCUT2D eigenvalue weighted by molar-refractivity contribution is -0.145. The summed E-state index contributed by atoms with van der Waals surface area (Å²) in [5, 5.41) is 0. The van der Waals surface area contributed by atoms with Crippen LogP contribution in [0.3, 0.4) is 0 Å². The summed E-state index contributed by atoms with van der Waals surface area (Å²) in [6.07, 6.45) is 5.30. The normalized spacial score (nSPS) is 22.1. The van der Waals surface area contributed by atoms with Crippen LogP contribution in [0.5, 0.6) is 0 Å². The number of nitrogens with two attached hydrogens (primary N) is 1. The number of likely N-dealkylation sites (N-methyl/N-ethyl adjacent to an activating group) is 1. The molecule has 1 saturated carbocycles. The quantitative estimate of drug-likeness (QED) is 0.844. The number of hydrogen-bond acceptors (Lipinski definition) is 3. The van der Waals surface area contributed by atoms with Gasteiger partial charge in [-0.1, -0.05) is 37.5 Å². The minimum absolute atomic E-state index is 0.387. The molecule has 1 heterocycles. The van der Waals surface area contributed by atoms with E-state index in [1.165, 1.54) is 11.3 Å². The largest absolute Gasteiger partial charge is 0.336 e. The van der Waals surface area contributed by atoms with Crippen molar-refractivity contribution in [3.05, 3.63) is 29.8 Å². The van der Waals surface area contributed by atoms with E-state index in [4.69, 9.17) is 5.73 Å². The van der Waals surface area contributed by atoms with E-state index >= 15 is 0 Å². The van der Waals surface area contributed by atoms with Gasteiger partial charge < -0.3 is 15.5 Å². The van der Waals surface area contributed by atoms with E-state index in [9.17, 15) is 9.59 Å². The average molecular weight is 301 g/mol. The van der Waals surface area contributed by atoms with Gasteiger partial charge >= 0.3 is 11.8 Å². The van der Waals surface area contributed by atoms with Gasteiger partial charge in [0.25, 0.3) is 0 Å². The number of hydrogen-bond donors (Lipinski definition) is 1. The molecule has 1 aromatic carbocycles. The molecule has 2 N–H and O–H groups in total. The molecule has 5 heteroatoms. The summed E-state index contributed by atoms with van der Waals surface area (Å²) in [5.41, 5.74) is 8.08. The third-order valence-electron chi connectivity index (χ3n) is 4.91. The van der Waals surface area contributed by atoms with Crippen LogP contribution >= 0.6 is 0 Å². The predicted octanol–water partition coefficient (Wildman–Crippen LogP) is 1.61. The number of nitrogens with zero attached hydrogens (tertiary/aromatic N) is 2. The molecular formula is C17H23N3O2. The number of amides is 2. The van der Waals surface area contributed by atoms with Crippen molar-refractivity contribution in [1.29, 1.82) is 0 Å². The molecule has 118 valence electrons. The Labute approximate surface area is 131 Å². The maximum absolute atomic E-state index is 12.4. The van der Waals surface area contributed by atoms with Crippen molar-refractivity contribution in [3.63, 3.8) is 0 Å². The number of benzene rings is 1. The second-order valence-electron chi connectivity index (χ2n) is 6.42. The molecule has 0 unspecified atom stereocenters. The molecule has 2 aliphatic rings. The summed E-state index contributed by atoms with van der Waals surface area (Å²) in [7, 11) is 1.66. The van der Waals surface area contributed by atoms with E-state index in [0.717, 1.165) is 36.9 Å². The van der Waals surface area contributed by atoms with Gasteiger partial charge in [0.05, 0.1) is 0 Å². The number of carbonyl (C=O) groups excluding carboxylic acids is 2. The van der Waals surface area contributed by atoms with Crippen molar-refractivity contribution in [2.24, 2.45) is 5.73 Å². The number of piperazine rings is 1. The third kappa shape index (κ3) is 2.50. The molecule has 1 aliphatic carbocycles. The number of rotatable bonds is 2. The fourth-order valence-electron chi connectivity index (χ4n) is 3.54. The van der Waals surface area contributed by atoms with Gasteiger partial charge in [-0.15, -0.1) is 0 Å². The van der Waals surface area contributed by atoms with Gasteiger partial charge in [0.1, 0.15) is 0 Å². The minimum Gasteiger partial charge on any atom is -0.336 e. The first-order valence-corrected chi connectivity index (χ1v) is 7.98.